The van der Waals surface area contributed by atoms with Gasteiger partial charge in [-0.2, -0.15) is 0 Å². The van der Waals surface area contributed by atoms with Crippen molar-refractivity contribution < 1.29 is 10.2 Å². The second kappa shape index (κ2) is 5.92. The van der Waals surface area contributed by atoms with E-state index >= 15 is 0 Å². The molecule has 0 rings (SSSR count). The fraction of sp³-hybridized carbons (Fsp3) is 1.00. The van der Waals surface area contributed by atoms with Crippen molar-refractivity contribution in [3.8, 4) is 0 Å². The molecule has 46 valence electrons. The van der Waals surface area contributed by atoms with Crippen LogP contribution in [-0.2, 0) is 4.74 Å². The van der Waals surface area contributed by atoms with E-state index in [0.717, 1.165) is 6.61 Å². The van der Waals surface area contributed by atoms with Crippen molar-refractivity contribution in [3.05, 3.63) is 0 Å². The Hall–Kier alpha value is -0.0800. The first-order valence-corrected chi connectivity index (χ1v) is 2.39. The molecule has 0 saturated carbocycles. The molecule has 0 spiro atoms. The maximum absolute atomic E-state index is 5.04. The van der Waals surface area contributed by atoms with Crippen LogP contribution in [0.4, 0.5) is 0 Å². The Labute approximate surface area is 44.8 Å². The van der Waals surface area contributed by atoms with Crippen LogP contribution in [0.2, 0.25) is 0 Å². The predicted octanol–water partition coefficient (Wildman–Crippen LogP) is 0.607. The highest BCUT2D eigenvalue weighted by molar-refractivity contribution is 4.30. The first-order chi connectivity index (χ1) is 2.77. The van der Waals surface area contributed by atoms with E-state index in [2.05, 4.69) is 0 Å². The Morgan fingerprint density at radius 1 is 1.43 bits per heavy atom. The third-order valence-electron chi connectivity index (χ3n) is 0.500. The summed E-state index contributed by atoms with van der Waals surface area (Å²) in [5.41, 5.74) is 0. The molecule has 0 aromatic rings. The highest BCUT2D eigenvalue weighted by atomic mass is 16.5. The molecule has 0 saturated heterocycles. The van der Waals surface area contributed by atoms with Gasteiger partial charge in [-0.3, -0.25) is 0 Å². The Kier molecular flexibility index (Phi) is 8.47. The molecule has 0 fully saturated rings. The fourth-order valence-corrected chi connectivity index (χ4v) is 0.333. The fourth-order valence-electron chi connectivity index (χ4n) is 0.333. The highest BCUT2D eigenvalue weighted by Crippen LogP contribution is 1.83. The molecule has 0 bridgehead atoms. The molecule has 2 nitrogen and oxygen atoms in total. The molecule has 0 aliphatic carbocycles. The van der Waals surface area contributed by atoms with Gasteiger partial charge in [-0.25, -0.2) is 0 Å². The van der Waals surface area contributed by atoms with Crippen LogP contribution in [0.3, 0.4) is 0 Å². The molecule has 0 aliphatic rings. The molecule has 0 amide bonds. The standard InChI is InChI=1S/C5H12O.H2O/c1-4-6-5(2)3;/h5H,4H2,1-3H3;1H2. The topological polar surface area (TPSA) is 40.7 Å². The van der Waals surface area contributed by atoms with Crippen molar-refractivity contribution in [2.24, 2.45) is 0 Å². The monoisotopic (exact) mass is 106 g/mol. The number of rotatable bonds is 2. The van der Waals surface area contributed by atoms with E-state index in [9.17, 15) is 0 Å². The van der Waals surface area contributed by atoms with Crippen molar-refractivity contribution in [3.63, 3.8) is 0 Å². The lowest BCUT2D eigenvalue weighted by molar-refractivity contribution is 0.0899. The number of ether oxygens (including phenoxy) is 1. The SMILES string of the molecule is CCOC(C)C.O. The molecule has 7 heavy (non-hydrogen) atoms. The van der Waals surface area contributed by atoms with E-state index in [0.29, 0.717) is 6.10 Å². The maximum atomic E-state index is 5.04. The summed E-state index contributed by atoms with van der Waals surface area (Å²) in [6.45, 7) is 6.89. The zero-order valence-electron chi connectivity index (χ0n) is 5.19. The first-order valence-electron chi connectivity index (χ1n) is 2.39. The Bertz CT molecular complexity index is 27.3. The molecule has 0 aromatic heterocycles. The van der Waals surface area contributed by atoms with E-state index in [1.165, 1.54) is 0 Å². The van der Waals surface area contributed by atoms with Gasteiger partial charge >= 0.3 is 0 Å². The van der Waals surface area contributed by atoms with E-state index < -0.39 is 0 Å². The maximum Gasteiger partial charge on any atom is 0.0518 e. The average Bonchev–Trinajstić information content (AvgIpc) is 1.35. The van der Waals surface area contributed by atoms with Gasteiger partial charge in [0.15, 0.2) is 0 Å². The van der Waals surface area contributed by atoms with Gasteiger partial charge in [-0.05, 0) is 20.8 Å². The van der Waals surface area contributed by atoms with Crippen molar-refractivity contribution in [1.29, 1.82) is 0 Å². The van der Waals surface area contributed by atoms with Crippen LogP contribution >= 0.6 is 0 Å². The zero-order chi connectivity index (χ0) is 4.99. The summed E-state index contributed by atoms with van der Waals surface area (Å²) >= 11 is 0. The van der Waals surface area contributed by atoms with E-state index in [4.69, 9.17) is 4.74 Å². The smallest absolute Gasteiger partial charge is 0.0518 e. The van der Waals surface area contributed by atoms with Gasteiger partial charge in [-0.1, -0.05) is 0 Å². The number of hydrogen-bond donors (Lipinski definition) is 0. The molecule has 0 atom stereocenters. The van der Waals surface area contributed by atoms with E-state index in [-0.39, 0.29) is 5.48 Å². The summed E-state index contributed by atoms with van der Waals surface area (Å²) < 4.78 is 5.04. The second-order valence-electron chi connectivity index (χ2n) is 1.50. The lowest BCUT2D eigenvalue weighted by atomic mass is 10.5. The third kappa shape index (κ3) is 10.7. The van der Waals surface area contributed by atoms with Crippen molar-refractivity contribution in [1.82, 2.24) is 0 Å². The van der Waals surface area contributed by atoms with Gasteiger partial charge < -0.3 is 10.2 Å². The van der Waals surface area contributed by atoms with Gasteiger partial charge in [0.05, 0.1) is 6.10 Å². The third-order valence-corrected chi connectivity index (χ3v) is 0.500. The molecular weight excluding hydrogens is 92.1 g/mol. The zero-order valence-corrected chi connectivity index (χ0v) is 5.19. The molecule has 0 unspecified atom stereocenters. The van der Waals surface area contributed by atoms with Gasteiger partial charge in [0, 0.05) is 6.61 Å². The Morgan fingerprint density at radius 3 is 1.86 bits per heavy atom. The van der Waals surface area contributed by atoms with Crippen molar-refractivity contribution in [2.75, 3.05) is 6.61 Å². The quantitative estimate of drug-likeness (QED) is 0.508. The minimum atomic E-state index is 0. The Balaban J connectivity index is 0. The molecule has 0 radical (unpaired) electrons. The molecular formula is C5H14O2. The van der Waals surface area contributed by atoms with Crippen LogP contribution in [0.15, 0.2) is 0 Å². The highest BCUT2D eigenvalue weighted by Gasteiger charge is 1.83. The summed E-state index contributed by atoms with van der Waals surface area (Å²) in [5.74, 6) is 0. The van der Waals surface area contributed by atoms with E-state index in [1.54, 1.807) is 0 Å². The lowest BCUT2D eigenvalue weighted by Crippen LogP contribution is -1.99. The summed E-state index contributed by atoms with van der Waals surface area (Å²) in [4.78, 5) is 0. The molecule has 0 aliphatic heterocycles. The van der Waals surface area contributed by atoms with Crippen LogP contribution < -0.4 is 0 Å². The second-order valence-corrected chi connectivity index (χ2v) is 1.50. The molecule has 0 heterocycles. The minimum absolute atomic E-state index is 0. The Morgan fingerprint density at radius 2 is 1.86 bits per heavy atom. The average molecular weight is 106 g/mol. The molecule has 2 N–H and O–H groups in total. The first kappa shape index (κ1) is 10.0. The summed E-state index contributed by atoms with van der Waals surface area (Å²) in [6.07, 6.45) is 0.398. The minimum Gasteiger partial charge on any atom is -0.412 e. The van der Waals surface area contributed by atoms with Gasteiger partial charge in [0.1, 0.15) is 0 Å². The van der Waals surface area contributed by atoms with Crippen LogP contribution in [0.5, 0.6) is 0 Å². The normalized spacial score (nSPS) is 8.57. The molecule has 0 aromatic carbocycles. The van der Waals surface area contributed by atoms with Crippen LogP contribution in [-0.4, -0.2) is 18.2 Å². The largest absolute Gasteiger partial charge is 0.412 e. The van der Waals surface area contributed by atoms with Crippen LogP contribution in [0.1, 0.15) is 20.8 Å². The summed E-state index contributed by atoms with van der Waals surface area (Å²) in [5, 5.41) is 0. The number of hydrogen-bond acceptors (Lipinski definition) is 1. The predicted molar refractivity (Wildman–Crippen MR) is 30.4 cm³/mol. The lowest BCUT2D eigenvalue weighted by Gasteiger charge is -2.00. The van der Waals surface area contributed by atoms with Gasteiger partial charge in [-0.15, -0.1) is 0 Å². The van der Waals surface area contributed by atoms with E-state index in [1.807, 2.05) is 20.8 Å². The van der Waals surface area contributed by atoms with Gasteiger partial charge in [0.2, 0.25) is 0 Å². The van der Waals surface area contributed by atoms with Crippen LogP contribution in [0.25, 0.3) is 0 Å². The summed E-state index contributed by atoms with van der Waals surface area (Å²) in [7, 11) is 0. The van der Waals surface area contributed by atoms with Crippen molar-refractivity contribution >= 4 is 0 Å². The van der Waals surface area contributed by atoms with Gasteiger partial charge in [0.25, 0.3) is 0 Å². The van der Waals surface area contributed by atoms with Crippen molar-refractivity contribution in [2.45, 2.75) is 26.9 Å². The molecule has 2 heteroatoms. The summed E-state index contributed by atoms with van der Waals surface area (Å²) in [6, 6.07) is 0. The van der Waals surface area contributed by atoms with Crippen LogP contribution in [0, 0.1) is 0 Å².